The smallest absolute Gasteiger partial charge is 0.325 e. The van der Waals surface area contributed by atoms with Crippen molar-refractivity contribution in [3.63, 3.8) is 0 Å². The van der Waals surface area contributed by atoms with Gasteiger partial charge in [-0.15, -0.1) is 0 Å². The standard InChI is InChI=1S/C9H15N3O2/c1-4-10-8(9(13)14)7-5-11-12(3)6(7)2/h5,8,10H,4H2,1-3H3,(H,13,14). The molecule has 1 atom stereocenters. The SMILES string of the molecule is CCNC(C(=O)O)c1cnn(C)c1C. The molecule has 14 heavy (non-hydrogen) atoms. The minimum atomic E-state index is -0.872. The number of nitrogens with zero attached hydrogens (tertiary/aromatic N) is 2. The molecule has 1 aromatic heterocycles. The predicted molar refractivity (Wildman–Crippen MR) is 52.0 cm³/mol. The number of aromatic nitrogens is 2. The highest BCUT2D eigenvalue weighted by Crippen LogP contribution is 2.16. The quantitative estimate of drug-likeness (QED) is 0.736. The zero-order valence-corrected chi connectivity index (χ0v) is 8.61. The van der Waals surface area contributed by atoms with Crippen molar-refractivity contribution in [2.45, 2.75) is 19.9 Å². The molecule has 0 aliphatic carbocycles. The number of hydrogen-bond donors (Lipinski definition) is 2. The van der Waals surface area contributed by atoms with Gasteiger partial charge in [-0.2, -0.15) is 5.10 Å². The molecule has 5 nitrogen and oxygen atoms in total. The third-order valence-corrected chi connectivity index (χ3v) is 2.24. The van der Waals surface area contributed by atoms with Crippen LogP contribution in [-0.2, 0) is 11.8 Å². The van der Waals surface area contributed by atoms with Crippen molar-refractivity contribution in [3.8, 4) is 0 Å². The number of aliphatic carboxylic acids is 1. The summed E-state index contributed by atoms with van der Waals surface area (Å²) in [7, 11) is 1.80. The predicted octanol–water partition coefficient (Wildman–Crippen LogP) is 0.464. The van der Waals surface area contributed by atoms with E-state index < -0.39 is 12.0 Å². The number of hydrogen-bond acceptors (Lipinski definition) is 3. The molecule has 0 aromatic carbocycles. The molecule has 0 bridgehead atoms. The Morgan fingerprint density at radius 2 is 2.43 bits per heavy atom. The van der Waals surface area contributed by atoms with Gasteiger partial charge in [0.2, 0.25) is 0 Å². The normalized spacial score (nSPS) is 12.8. The van der Waals surface area contributed by atoms with Crippen LogP contribution in [0.4, 0.5) is 0 Å². The minimum absolute atomic E-state index is 0.616. The molecular weight excluding hydrogens is 182 g/mol. The van der Waals surface area contributed by atoms with Gasteiger partial charge in [-0.3, -0.25) is 9.48 Å². The van der Waals surface area contributed by atoms with Crippen molar-refractivity contribution in [1.82, 2.24) is 15.1 Å². The van der Waals surface area contributed by atoms with Crippen molar-refractivity contribution < 1.29 is 9.90 Å². The van der Waals surface area contributed by atoms with Crippen molar-refractivity contribution >= 4 is 5.97 Å². The van der Waals surface area contributed by atoms with E-state index in [9.17, 15) is 4.79 Å². The van der Waals surface area contributed by atoms with Gasteiger partial charge in [0.15, 0.2) is 0 Å². The molecule has 0 fully saturated rings. The highest BCUT2D eigenvalue weighted by Gasteiger charge is 2.22. The number of likely N-dealkylation sites (N-methyl/N-ethyl adjacent to an activating group) is 1. The molecule has 0 radical (unpaired) electrons. The molecule has 0 aliphatic rings. The van der Waals surface area contributed by atoms with E-state index in [1.165, 1.54) is 0 Å². The van der Waals surface area contributed by atoms with Crippen molar-refractivity contribution in [2.24, 2.45) is 7.05 Å². The Labute approximate surface area is 82.7 Å². The van der Waals surface area contributed by atoms with Crippen LogP contribution < -0.4 is 5.32 Å². The maximum Gasteiger partial charge on any atom is 0.325 e. The van der Waals surface area contributed by atoms with E-state index in [0.29, 0.717) is 6.54 Å². The first kappa shape index (κ1) is 10.7. The third-order valence-electron chi connectivity index (χ3n) is 2.24. The summed E-state index contributed by atoms with van der Waals surface area (Å²) in [5, 5.41) is 15.9. The monoisotopic (exact) mass is 197 g/mol. The van der Waals surface area contributed by atoms with Gasteiger partial charge in [0.25, 0.3) is 0 Å². The molecule has 1 unspecified atom stereocenters. The second-order valence-electron chi connectivity index (χ2n) is 3.14. The summed E-state index contributed by atoms with van der Waals surface area (Å²) in [6.45, 7) is 4.35. The van der Waals surface area contributed by atoms with Crippen LogP contribution in [0.25, 0.3) is 0 Å². The summed E-state index contributed by atoms with van der Waals surface area (Å²) in [5.74, 6) is -0.872. The molecule has 1 heterocycles. The Hall–Kier alpha value is -1.36. The van der Waals surface area contributed by atoms with Gasteiger partial charge in [0.05, 0.1) is 6.20 Å². The molecular formula is C9H15N3O2. The molecule has 5 heteroatoms. The zero-order valence-electron chi connectivity index (χ0n) is 8.61. The number of carboxylic acid groups (broad SMARTS) is 1. The van der Waals surface area contributed by atoms with Crippen LogP contribution in [0.3, 0.4) is 0 Å². The van der Waals surface area contributed by atoms with Gasteiger partial charge < -0.3 is 10.4 Å². The third kappa shape index (κ3) is 1.93. The summed E-state index contributed by atoms with van der Waals surface area (Å²) in [5.41, 5.74) is 1.60. The van der Waals surface area contributed by atoms with Gasteiger partial charge in [-0.1, -0.05) is 6.92 Å². The van der Waals surface area contributed by atoms with E-state index in [-0.39, 0.29) is 0 Å². The van der Waals surface area contributed by atoms with E-state index in [4.69, 9.17) is 5.11 Å². The summed E-state index contributed by atoms with van der Waals surface area (Å²) < 4.78 is 1.67. The molecule has 1 aromatic rings. The summed E-state index contributed by atoms with van der Waals surface area (Å²) in [6.07, 6.45) is 1.59. The average molecular weight is 197 g/mol. The van der Waals surface area contributed by atoms with E-state index in [2.05, 4.69) is 10.4 Å². The van der Waals surface area contributed by atoms with Crippen molar-refractivity contribution in [1.29, 1.82) is 0 Å². The van der Waals surface area contributed by atoms with Crippen LogP contribution in [0.1, 0.15) is 24.2 Å². The highest BCUT2D eigenvalue weighted by molar-refractivity contribution is 5.75. The Kier molecular flexibility index (Phi) is 3.24. The molecule has 0 aliphatic heterocycles. The summed E-state index contributed by atoms with van der Waals surface area (Å²) in [4.78, 5) is 11.0. The van der Waals surface area contributed by atoms with Crippen LogP contribution >= 0.6 is 0 Å². The van der Waals surface area contributed by atoms with Gasteiger partial charge >= 0.3 is 5.97 Å². The van der Waals surface area contributed by atoms with Crippen molar-refractivity contribution in [3.05, 3.63) is 17.5 Å². The highest BCUT2D eigenvalue weighted by atomic mass is 16.4. The summed E-state index contributed by atoms with van der Waals surface area (Å²) >= 11 is 0. The topological polar surface area (TPSA) is 67.2 Å². The molecule has 2 N–H and O–H groups in total. The van der Waals surface area contributed by atoms with E-state index >= 15 is 0 Å². The lowest BCUT2D eigenvalue weighted by atomic mass is 10.1. The lowest BCUT2D eigenvalue weighted by molar-refractivity contribution is -0.139. The van der Waals surface area contributed by atoms with Crippen LogP contribution in [0.15, 0.2) is 6.20 Å². The second kappa shape index (κ2) is 4.23. The maximum atomic E-state index is 11.0. The van der Waals surface area contributed by atoms with Gasteiger partial charge in [-0.25, -0.2) is 0 Å². The molecule has 0 saturated heterocycles. The van der Waals surface area contributed by atoms with E-state index in [1.54, 1.807) is 17.9 Å². The number of rotatable bonds is 4. The molecule has 78 valence electrons. The van der Waals surface area contributed by atoms with E-state index in [1.807, 2.05) is 13.8 Å². The largest absolute Gasteiger partial charge is 0.480 e. The van der Waals surface area contributed by atoms with Crippen molar-refractivity contribution in [2.75, 3.05) is 6.54 Å². The first-order valence-electron chi connectivity index (χ1n) is 4.52. The Balaban J connectivity index is 2.99. The van der Waals surface area contributed by atoms with Crippen LogP contribution in [-0.4, -0.2) is 27.4 Å². The number of carbonyl (C=O) groups is 1. The molecule has 0 spiro atoms. The zero-order chi connectivity index (χ0) is 10.7. The Bertz CT molecular complexity index is 333. The maximum absolute atomic E-state index is 11.0. The number of aryl methyl sites for hydroxylation is 1. The Morgan fingerprint density at radius 3 is 2.79 bits per heavy atom. The fraction of sp³-hybridized carbons (Fsp3) is 0.556. The number of nitrogens with one attached hydrogen (secondary N) is 1. The molecule has 1 rings (SSSR count). The fourth-order valence-corrected chi connectivity index (χ4v) is 1.33. The van der Waals surface area contributed by atoms with Crippen LogP contribution in [0.2, 0.25) is 0 Å². The van der Waals surface area contributed by atoms with E-state index in [0.717, 1.165) is 11.3 Å². The van der Waals surface area contributed by atoms with Crippen LogP contribution in [0, 0.1) is 6.92 Å². The average Bonchev–Trinajstić information content (AvgIpc) is 2.44. The molecule has 0 saturated carbocycles. The lowest BCUT2D eigenvalue weighted by Gasteiger charge is -2.12. The lowest BCUT2D eigenvalue weighted by Crippen LogP contribution is -2.28. The fourth-order valence-electron chi connectivity index (χ4n) is 1.33. The number of carboxylic acids is 1. The Morgan fingerprint density at radius 1 is 1.79 bits per heavy atom. The molecule has 0 amide bonds. The van der Waals surface area contributed by atoms with Gasteiger partial charge in [-0.05, 0) is 13.5 Å². The minimum Gasteiger partial charge on any atom is -0.480 e. The van der Waals surface area contributed by atoms with Gasteiger partial charge in [0, 0.05) is 18.3 Å². The second-order valence-corrected chi connectivity index (χ2v) is 3.14. The summed E-state index contributed by atoms with van der Waals surface area (Å²) in [6, 6.07) is -0.659. The first-order chi connectivity index (χ1) is 6.57. The first-order valence-corrected chi connectivity index (χ1v) is 4.52. The van der Waals surface area contributed by atoms with Gasteiger partial charge in [0.1, 0.15) is 6.04 Å². The van der Waals surface area contributed by atoms with Crippen LogP contribution in [0.5, 0.6) is 0 Å².